The van der Waals surface area contributed by atoms with Crippen LogP contribution in [0.5, 0.6) is 0 Å². The molecule has 1 rings (SSSR count). The number of esters is 1. The third-order valence-electron chi connectivity index (χ3n) is 2.62. The van der Waals surface area contributed by atoms with Crippen LogP contribution in [-0.2, 0) is 9.53 Å². The van der Waals surface area contributed by atoms with Crippen LogP contribution >= 0.6 is 11.3 Å². The van der Waals surface area contributed by atoms with E-state index in [1.54, 1.807) is 6.07 Å². The number of nitrogens with zero attached hydrogens (tertiary/aromatic N) is 1. The Morgan fingerprint density at radius 3 is 2.63 bits per heavy atom. The van der Waals surface area contributed by atoms with E-state index in [0.717, 1.165) is 22.8 Å². The van der Waals surface area contributed by atoms with Gasteiger partial charge in [0.05, 0.1) is 19.1 Å². The van der Waals surface area contributed by atoms with Crippen LogP contribution in [-0.4, -0.2) is 37.2 Å². The third kappa shape index (κ3) is 4.24. The van der Waals surface area contributed by atoms with Crippen molar-refractivity contribution >= 4 is 28.3 Å². The van der Waals surface area contributed by atoms with Crippen LogP contribution in [0, 0.1) is 6.92 Å². The molecule has 0 spiro atoms. The van der Waals surface area contributed by atoms with E-state index in [1.807, 2.05) is 18.7 Å². The van der Waals surface area contributed by atoms with Crippen molar-refractivity contribution in [3.05, 3.63) is 16.5 Å². The number of anilines is 1. The first-order chi connectivity index (χ1) is 8.99. The van der Waals surface area contributed by atoms with Crippen LogP contribution in [0.1, 0.15) is 35.0 Å². The van der Waals surface area contributed by atoms with Gasteiger partial charge in [-0.05, 0) is 19.4 Å². The summed E-state index contributed by atoms with van der Waals surface area (Å²) in [6, 6.07) is 1.79. The number of aryl methyl sites for hydroxylation is 1. The number of hydrogen-bond donors (Lipinski definition) is 1. The molecule has 1 aromatic heterocycles. The number of rotatable bonds is 7. The minimum atomic E-state index is -0.839. The van der Waals surface area contributed by atoms with Crippen LogP contribution in [0.4, 0.5) is 5.00 Å². The van der Waals surface area contributed by atoms with Crippen LogP contribution in [0.2, 0.25) is 0 Å². The Hall–Kier alpha value is -1.56. The van der Waals surface area contributed by atoms with Crippen molar-refractivity contribution in [1.82, 2.24) is 0 Å². The number of thiophene rings is 1. The molecular formula is C13H19NO4S. The van der Waals surface area contributed by atoms with Gasteiger partial charge in [0.2, 0.25) is 0 Å². The second kappa shape index (κ2) is 7.13. The molecule has 106 valence electrons. The molecule has 0 amide bonds. The lowest BCUT2D eigenvalue weighted by Crippen LogP contribution is -2.27. The second-order valence-electron chi connectivity index (χ2n) is 4.20. The van der Waals surface area contributed by atoms with Gasteiger partial charge >= 0.3 is 11.9 Å². The monoisotopic (exact) mass is 285 g/mol. The van der Waals surface area contributed by atoms with Crippen molar-refractivity contribution in [2.24, 2.45) is 0 Å². The van der Waals surface area contributed by atoms with E-state index >= 15 is 0 Å². The summed E-state index contributed by atoms with van der Waals surface area (Å²) in [7, 11) is 1.35. The quantitative estimate of drug-likeness (QED) is 0.780. The van der Waals surface area contributed by atoms with Gasteiger partial charge in [0.1, 0.15) is 5.00 Å². The van der Waals surface area contributed by atoms with Crippen molar-refractivity contribution in [3.8, 4) is 0 Å². The minimum absolute atomic E-state index is 0.0531. The fraction of sp³-hybridized carbons (Fsp3) is 0.538. The Kier molecular flexibility index (Phi) is 5.82. The fourth-order valence-electron chi connectivity index (χ4n) is 1.81. The van der Waals surface area contributed by atoms with Crippen LogP contribution in [0.25, 0.3) is 0 Å². The van der Waals surface area contributed by atoms with Gasteiger partial charge in [-0.25, -0.2) is 4.79 Å². The molecule has 0 bridgehead atoms. The van der Waals surface area contributed by atoms with Gasteiger partial charge < -0.3 is 14.7 Å². The highest BCUT2D eigenvalue weighted by Gasteiger charge is 2.20. The van der Waals surface area contributed by atoms with E-state index in [-0.39, 0.29) is 12.4 Å². The predicted octanol–water partition coefficient (Wildman–Crippen LogP) is 2.53. The fourth-order valence-corrected chi connectivity index (χ4v) is 2.85. The molecule has 6 heteroatoms. The molecule has 19 heavy (non-hydrogen) atoms. The number of hydrogen-bond acceptors (Lipinski definition) is 5. The van der Waals surface area contributed by atoms with Gasteiger partial charge in [0.25, 0.3) is 0 Å². The molecule has 0 saturated heterocycles. The van der Waals surface area contributed by atoms with Crippen LogP contribution in [0.3, 0.4) is 0 Å². The molecule has 5 nitrogen and oxygen atoms in total. The highest BCUT2D eigenvalue weighted by atomic mass is 32.1. The van der Waals surface area contributed by atoms with Crippen molar-refractivity contribution < 1.29 is 19.4 Å². The number of carbonyl (C=O) groups excluding carboxylic acids is 1. The lowest BCUT2D eigenvalue weighted by Gasteiger charge is -2.22. The first-order valence-corrected chi connectivity index (χ1v) is 6.96. The SMILES string of the molecule is CCCN(CCC(=O)O)c1sc(C)cc1C(=O)OC. The van der Waals surface area contributed by atoms with Crippen molar-refractivity contribution in [3.63, 3.8) is 0 Å². The molecule has 0 aliphatic carbocycles. The largest absolute Gasteiger partial charge is 0.481 e. The molecule has 0 unspecified atom stereocenters. The number of carboxylic acids is 1. The first kappa shape index (κ1) is 15.5. The van der Waals surface area contributed by atoms with Crippen molar-refractivity contribution in [2.75, 3.05) is 25.1 Å². The summed E-state index contributed by atoms with van der Waals surface area (Å²) < 4.78 is 4.77. The Bertz CT molecular complexity index is 455. The Morgan fingerprint density at radius 2 is 2.11 bits per heavy atom. The number of aliphatic carboxylic acids is 1. The second-order valence-corrected chi connectivity index (χ2v) is 5.43. The zero-order valence-electron chi connectivity index (χ0n) is 11.4. The molecule has 1 aromatic rings. The van der Waals surface area contributed by atoms with Gasteiger partial charge in [-0.3, -0.25) is 4.79 Å². The summed E-state index contributed by atoms with van der Waals surface area (Å²) in [5.41, 5.74) is 0.517. The van der Waals surface area contributed by atoms with E-state index in [4.69, 9.17) is 9.84 Å². The molecule has 0 atom stereocenters. The third-order valence-corrected chi connectivity index (χ3v) is 3.73. The van der Waals surface area contributed by atoms with Crippen LogP contribution in [0.15, 0.2) is 6.07 Å². The van der Waals surface area contributed by atoms with Gasteiger partial charge in [-0.15, -0.1) is 11.3 Å². The van der Waals surface area contributed by atoms with E-state index in [9.17, 15) is 9.59 Å². The zero-order valence-corrected chi connectivity index (χ0v) is 12.2. The van der Waals surface area contributed by atoms with Crippen molar-refractivity contribution in [1.29, 1.82) is 0 Å². The molecular weight excluding hydrogens is 266 g/mol. The van der Waals surface area contributed by atoms with E-state index < -0.39 is 5.97 Å². The number of ether oxygens (including phenoxy) is 1. The maximum absolute atomic E-state index is 11.7. The van der Waals surface area contributed by atoms with Gasteiger partial charge in [-0.1, -0.05) is 6.92 Å². The average Bonchev–Trinajstić information content (AvgIpc) is 2.75. The normalized spacial score (nSPS) is 10.3. The molecule has 0 radical (unpaired) electrons. The van der Waals surface area contributed by atoms with E-state index in [1.165, 1.54) is 18.4 Å². The summed E-state index contributed by atoms with van der Waals surface area (Å²) in [5.74, 6) is -1.22. The topological polar surface area (TPSA) is 66.8 Å². The first-order valence-electron chi connectivity index (χ1n) is 6.15. The number of methoxy groups -OCH3 is 1. The Morgan fingerprint density at radius 1 is 1.42 bits per heavy atom. The molecule has 1 heterocycles. The summed E-state index contributed by atoms with van der Waals surface area (Å²) in [6.07, 6.45) is 0.939. The summed E-state index contributed by atoms with van der Waals surface area (Å²) in [6.45, 7) is 5.05. The van der Waals surface area contributed by atoms with Crippen LogP contribution < -0.4 is 4.90 Å². The van der Waals surface area contributed by atoms with Crippen molar-refractivity contribution in [2.45, 2.75) is 26.7 Å². The van der Waals surface area contributed by atoms with E-state index in [2.05, 4.69) is 0 Å². The molecule has 0 aliphatic rings. The lowest BCUT2D eigenvalue weighted by molar-refractivity contribution is -0.136. The Balaban J connectivity index is 3.00. The number of carbonyl (C=O) groups is 2. The molecule has 0 fully saturated rings. The molecule has 0 aliphatic heterocycles. The van der Waals surface area contributed by atoms with Gasteiger partial charge in [0, 0.05) is 18.0 Å². The smallest absolute Gasteiger partial charge is 0.340 e. The maximum atomic E-state index is 11.7. The molecule has 0 aromatic carbocycles. The van der Waals surface area contributed by atoms with E-state index in [0.29, 0.717) is 12.1 Å². The number of carboxylic acid groups (broad SMARTS) is 1. The lowest BCUT2D eigenvalue weighted by atomic mass is 10.2. The van der Waals surface area contributed by atoms with Gasteiger partial charge in [-0.2, -0.15) is 0 Å². The summed E-state index contributed by atoms with van der Waals surface area (Å²) >= 11 is 1.49. The molecule has 1 N–H and O–H groups in total. The van der Waals surface area contributed by atoms with Gasteiger partial charge in [0.15, 0.2) is 0 Å². The minimum Gasteiger partial charge on any atom is -0.481 e. The maximum Gasteiger partial charge on any atom is 0.340 e. The summed E-state index contributed by atoms with van der Waals surface area (Å²) in [4.78, 5) is 25.4. The standard InChI is InChI=1S/C13H19NO4S/c1-4-6-14(7-5-11(15)16)12-10(13(17)18-3)8-9(2)19-12/h8H,4-7H2,1-3H3,(H,15,16). The average molecular weight is 285 g/mol. The highest BCUT2D eigenvalue weighted by molar-refractivity contribution is 7.16. The summed E-state index contributed by atoms with van der Waals surface area (Å²) in [5, 5.41) is 9.59. The highest BCUT2D eigenvalue weighted by Crippen LogP contribution is 2.32. The predicted molar refractivity (Wildman–Crippen MR) is 75.2 cm³/mol. The molecule has 0 saturated carbocycles. The zero-order chi connectivity index (χ0) is 14.4. The Labute approximate surface area is 116 Å².